The molecule has 9 heteroatoms. The smallest absolute Gasteiger partial charge is 0.312 e. The quantitative estimate of drug-likeness (QED) is 0.590. The molecule has 0 saturated carbocycles. The number of primary amides is 1. The molecule has 2 rings (SSSR count). The molecule has 0 aliphatic carbocycles. The van der Waals surface area contributed by atoms with Gasteiger partial charge < -0.3 is 21.1 Å². The average molecular weight is 424 g/mol. The normalized spacial score (nSPS) is 11.4. The van der Waals surface area contributed by atoms with Gasteiger partial charge in [-0.15, -0.1) is 0 Å². The minimum Gasteiger partial charge on any atom is -0.455 e. The van der Waals surface area contributed by atoms with Gasteiger partial charge >= 0.3 is 12.0 Å². The van der Waals surface area contributed by atoms with Gasteiger partial charge in [0.25, 0.3) is 5.91 Å². The number of nitrogens with two attached hydrogens (primary N) is 1. The topological polar surface area (TPSA) is 111 Å². The summed E-state index contributed by atoms with van der Waals surface area (Å²) in [4.78, 5) is 35.4. The lowest BCUT2D eigenvalue weighted by Gasteiger charge is -2.18. The van der Waals surface area contributed by atoms with E-state index in [1.165, 1.54) is 0 Å². The van der Waals surface area contributed by atoms with Crippen LogP contribution in [0, 0.1) is 6.92 Å². The van der Waals surface area contributed by atoms with Gasteiger partial charge in [-0.1, -0.05) is 47.5 Å². The Hall–Kier alpha value is -2.77. The fraction of sp³-hybridized carbons (Fsp3) is 0.211. The molecule has 2 aromatic rings. The summed E-state index contributed by atoms with van der Waals surface area (Å²) in [7, 11) is 0. The molecule has 4 N–H and O–H groups in total. The maximum absolute atomic E-state index is 12.1. The number of carbonyl (C=O) groups excluding carboxylic acids is 3. The molecule has 3 amide bonds. The first-order valence-electron chi connectivity index (χ1n) is 8.29. The van der Waals surface area contributed by atoms with E-state index in [0.29, 0.717) is 26.9 Å². The van der Waals surface area contributed by atoms with Crippen LogP contribution in [0.1, 0.15) is 23.6 Å². The Morgan fingerprint density at radius 1 is 1.07 bits per heavy atom. The molecule has 0 saturated heterocycles. The zero-order valence-electron chi connectivity index (χ0n) is 15.0. The summed E-state index contributed by atoms with van der Waals surface area (Å²) in [5.41, 5.74) is 6.91. The van der Waals surface area contributed by atoms with Crippen LogP contribution in [-0.4, -0.2) is 24.5 Å². The highest BCUT2D eigenvalue weighted by atomic mass is 35.5. The van der Waals surface area contributed by atoms with Crippen molar-refractivity contribution in [3.8, 4) is 0 Å². The van der Waals surface area contributed by atoms with Crippen molar-refractivity contribution in [3.05, 3.63) is 63.6 Å². The summed E-state index contributed by atoms with van der Waals surface area (Å²) in [6, 6.07) is 10.2. The Kier molecular flexibility index (Phi) is 7.66. The van der Waals surface area contributed by atoms with Crippen LogP contribution in [0.3, 0.4) is 0 Å². The number of hydrogen-bond acceptors (Lipinski definition) is 4. The molecule has 0 heterocycles. The van der Waals surface area contributed by atoms with E-state index in [4.69, 9.17) is 33.7 Å². The number of urea groups is 1. The van der Waals surface area contributed by atoms with Gasteiger partial charge in [-0.25, -0.2) is 4.79 Å². The number of amides is 3. The van der Waals surface area contributed by atoms with Crippen LogP contribution in [0.2, 0.25) is 10.0 Å². The number of hydrogen-bond donors (Lipinski definition) is 3. The minimum absolute atomic E-state index is 0.240. The van der Waals surface area contributed by atoms with E-state index in [0.717, 1.165) is 0 Å². The molecular formula is C19H19Cl2N3O4. The van der Waals surface area contributed by atoms with Crippen molar-refractivity contribution in [1.82, 2.24) is 5.32 Å². The molecule has 1 atom stereocenters. The lowest BCUT2D eigenvalue weighted by molar-refractivity contribution is -0.147. The molecule has 28 heavy (non-hydrogen) atoms. The minimum atomic E-state index is -0.813. The summed E-state index contributed by atoms with van der Waals surface area (Å²) < 4.78 is 5.00. The number of carbonyl (C=O) groups is 3. The number of esters is 1. The van der Waals surface area contributed by atoms with Crippen LogP contribution in [-0.2, 0) is 14.3 Å². The van der Waals surface area contributed by atoms with Gasteiger partial charge in [0.15, 0.2) is 6.61 Å². The van der Waals surface area contributed by atoms with Crippen LogP contribution in [0.4, 0.5) is 10.5 Å². The number of anilines is 1. The summed E-state index contributed by atoms with van der Waals surface area (Å²) in [5, 5.41) is 5.94. The predicted molar refractivity (Wildman–Crippen MR) is 107 cm³/mol. The monoisotopic (exact) mass is 423 g/mol. The molecule has 0 aromatic heterocycles. The summed E-state index contributed by atoms with van der Waals surface area (Å²) in [5.74, 6) is -1.22. The third-order valence-electron chi connectivity index (χ3n) is 3.87. The van der Waals surface area contributed by atoms with Gasteiger partial charge in [0, 0.05) is 15.7 Å². The van der Waals surface area contributed by atoms with Crippen molar-refractivity contribution in [2.45, 2.75) is 19.4 Å². The summed E-state index contributed by atoms with van der Waals surface area (Å²) in [6.45, 7) is 1.27. The van der Waals surface area contributed by atoms with Gasteiger partial charge in [-0.05, 0) is 36.2 Å². The van der Waals surface area contributed by atoms with Crippen LogP contribution in [0.15, 0.2) is 42.5 Å². The van der Waals surface area contributed by atoms with Gasteiger partial charge in [0.05, 0.1) is 12.5 Å². The molecule has 7 nitrogen and oxygen atoms in total. The van der Waals surface area contributed by atoms with Gasteiger partial charge in [0.2, 0.25) is 0 Å². The number of rotatable bonds is 7. The van der Waals surface area contributed by atoms with Crippen molar-refractivity contribution in [2.75, 3.05) is 11.9 Å². The lowest BCUT2D eigenvalue weighted by Crippen LogP contribution is -2.35. The van der Waals surface area contributed by atoms with E-state index >= 15 is 0 Å². The highest BCUT2D eigenvalue weighted by molar-refractivity contribution is 6.32. The van der Waals surface area contributed by atoms with E-state index in [9.17, 15) is 14.4 Å². The molecule has 2 aromatic carbocycles. The molecule has 0 fully saturated rings. The fourth-order valence-corrected chi connectivity index (χ4v) is 2.91. The van der Waals surface area contributed by atoms with E-state index in [-0.39, 0.29) is 6.42 Å². The Labute approximate surface area is 172 Å². The average Bonchev–Trinajstić information content (AvgIpc) is 2.63. The molecular weight excluding hydrogens is 405 g/mol. The van der Waals surface area contributed by atoms with Crippen molar-refractivity contribution in [2.24, 2.45) is 5.73 Å². The van der Waals surface area contributed by atoms with Crippen molar-refractivity contribution >= 4 is 46.8 Å². The SMILES string of the molecule is Cc1c(Cl)cccc1NC(=O)COC(=O)CC(NC(N)=O)c1ccccc1Cl. The highest BCUT2D eigenvalue weighted by Crippen LogP contribution is 2.25. The molecule has 0 radical (unpaired) electrons. The standard InChI is InChI=1S/C19H19Cl2N3O4/c1-11-13(20)7-4-8-15(11)23-17(25)10-28-18(26)9-16(24-19(22)27)12-5-2-3-6-14(12)21/h2-8,16H,9-10H2,1H3,(H,23,25)(H3,22,24,27). The second-order valence-corrected chi connectivity index (χ2v) is 6.72. The third-order valence-corrected chi connectivity index (χ3v) is 4.63. The maximum Gasteiger partial charge on any atom is 0.312 e. The van der Waals surface area contributed by atoms with Crippen molar-refractivity contribution < 1.29 is 19.1 Å². The Bertz CT molecular complexity index is 889. The highest BCUT2D eigenvalue weighted by Gasteiger charge is 2.21. The Balaban J connectivity index is 1.95. The van der Waals surface area contributed by atoms with Gasteiger partial charge in [0.1, 0.15) is 0 Å². The zero-order chi connectivity index (χ0) is 20.7. The van der Waals surface area contributed by atoms with Gasteiger partial charge in [-0.3, -0.25) is 9.59 Å². The van der Waals surface area contributed by atoms with Crippen LogP contribution >= 0.6 is 23.2 Å². The third kappa shape index (κ3) is 6.14. The van der Waals surface area contributed by atoms with E-state index in [1.54, 1.807) is 49.4 Å². The van der Waals surface area contributed by atoms with Crippen LogP contribution in [0.5, 0.6) is 0 Å². The Morgan fingerprint density at radius 3 is 2.43 bits per heavy atom. The molecule has 0 aliphatic heterocycles. The summed E-state index contributed by atoms with van der Waals surface area (Å²) in [6.07, 6.45) is -0.240. The van der Waals surface area contributed by atoms with Crippen LogP contribution in [0.25, 0.3) is 0 Å². The Morgan fingerprint density at radius 2 is 1.75 bits per heavy atom. The first kappa shape index (κ1) is 21.5. The zero-order valence-corrected chi connectivity index (χ0v) is 16.5. The largest absolute Gasteiger partial charge is 0.455 e. The number of ether oxygens (including phenoxy) is 1. The first-order chi connectivity index (χ1) is 13.3. The molecule has 1 unspecified atom stereocenters. The van der Waals surface area contributed by atoms with E-state index in [1.807, 2.05) is 0 Å². The van der Waals surface area contributed by atoms with E-state index < -0.39 is 30.6 Å². The van der Waals surface area contributed by atoms with Crippen molar-refractivity contribution in [1.29, 1.82) is 0 Å². The second-order valence-electron chi connectivity index (χ2n) is 5.91. The maximum atomic E-state index is 12.1. The number of halogens is 2. The second kappa shape index (κ2) is 9.96. The fourth-order valence-electron chi connectivity index (χ4n) is 2.47. The molecule has 0 aliphatic rings. The molecule has 148 valence electrons. The van der Waals surface area contributed by atoms with E-state index in [2.05, 4.69) is 10.6 Å². The predicted octanol–water partition coefficient (Wildman–Crippen LogP) is 3.58. The number of benzene rings is 2. The molecule has 0 bridgehead atoms. The van der Waals surface area contributed by atoms with Crippen LogP contribution < -0.4 is 16.4 Å². The summed E-state index contributed by atoms with van der Waals surface area (Å²) >= 11 is 12.1. The lowest BCUT2D eigenvalue weighted by atomic mass is 10.0. The van der Waals surface area contributed by atoms with Gasteiger partial charge in [-0.2, -0.15) is 0 Å². The number of nitrogens with one attached hydrogen (secondary N) is 2. The van der Waals surface area contributed by atoms with Crippen molar-refractivity contribution in [3.63, 3.8) is 0 Å². The first-order valence-corrected chi connectivity index (χ1v) is 9.04. The molecule has 0 spiro atoms.